The number of carbonyl (C=O) groups is 1. The van der Waals surface area contributed by atoms with E-state index in [1.54, 1.807) is 6.07 Å². The average molecular weight is 250 g/mol. The van der Waals surface area contributed by atoms with Gasteiger partial charge in [0.05, 0.1) is 19.4 Å². The zero-order chi connectivity index (χ0) is 13.0. The number of nitrogens with zero attached hydrogens (tertiary/aromatic N) is 2. The lowest BCUT2D eigenvalue weighted by atomic mass is 10.0. The smallest absolute Gasteiger partial charge is 0.328 e. The molecule has 1 atom stereocenters. The van der Waals surface area contributed by atoms with Crippen LogP contribution in [0.4, 0.5) is 5.82 Å². The molecule has 0 aromatic carbocycles. The van der Waals surface area contributed by atoms with Gasteiger partial charge in [0.15, 0.2) is 0 Å². The summed E-state index contributed by atoms with van der Waals surface area (Å²) in [6.45, 7) is 0.701. The Morgan fingerprint density at radius 1 is 1.56 bits per heavy atom. The van der Waals surface area contributed by atoms with Gasteiger partial charge in [-0.25, -0.2) is 9.78 Å². The lowest BCUT2D eigenvalue weighted by Gasteiger charge is -2.34. The molecule has 1 aliphatic rings. The van der Waals surface area contributed by atoms with Crippen molar-refractivity contribution in [1.29, 1.82) is 0 Å². The van der Waals surface area contributed by atoms with E-state index in [1.165, 1.54) is 7.11 Å². The maximum atomic E-state index is 11.8. The van der Waals surface area contributed by atoms with Crippen LogP contribution in [0.15, 0.2) is 18.2 Å². The Hall–Kier alpha value is -1.62. The van der Waals surface area contributed by atoms with Crippen LogP contribution in [0.5, 0.6) is 0 Å². The Kier molecular flexibility index (Phi) is 4.15. The van der Waals surface area contributed by atoms with Gasteiger partial charge in [-0.1, -0.05) is 6.07 Å². The molecule has 0 saturated carbocycles. The largest absolute Gasteiger partial charge is 0.467 e. The minimum absolute atomic E-state index is 0.0927. The normalized spacial score (nSPS) is 19.7. The molecule has 18 heavy (non-hydrogen) atoms. The van der Waals surface area contributed by atoms with E-state index in [1.807, 2.05) is 17.0 Å². The number of aliphatic hydroxyl groups is 1. The summed E-state index contributed by atoms with van der Waals surface area (Å²) in [5, 5.41) is 9.11. The van der Waals surface area contributed by atoms with Crippen molar-refractivity contribution >= 4 is 11.8 Å². The Balaban J connectivity index is 2.24. The van der Waals surface area contributed by atoms with Gasteiger partial charge in [0, 0.05) is 6.54 Å². The van der Waals surface area contributed by atoms with Crippen LogP contribution in [0.25, 0.3) is 0 Å². The quantitative estimate of drug-likeness (QED) is 0.814. The van der Waals surface area contributed by atoms with Gasteiger partial charge in [-0.15, -0.1) is 0 Å². The van der Waals surface area contributed by atoms with Crippen LogP contribution in [0.2, 0.25) is 0 Å². The van der Waals surface area contributed by atoms with Gasteiger partial charge in [0.1, 0.15) is 11.9 Å². The molecule has 1 aliphatic heterocycles. The molecule has 1 aromatic rings. The number of esters is 1. The van der Waals surface area contributed by atoms with Gasteiger partial charge in [-0.3, -0.25) is 0 Å². The highest BCUT2D eigenvalue weighted by Crippen LogP contribution is 2.24. The number of ether oxygens (including phenoxy) is 1. The predicted molar refractivity (Wildman–Crippen MR) is 67.2 cm³/mol. The zero-order valence-electron chi connectivity index (χ0n) is 10.5. The van der Waals surface area contributed by atoms with Gasteiger partial charge < -0.3 is 14.7 Å². The lowest BCUT2D eigenvalue weighted by molar-refractivity contribution is -0.142. The molecule has 5 heteroatoms. The molecule has 2 heterocycles. The van der Waals surface area contributed by atoms with Crippen molar-refractivity contribution in [2.75, 3.05) is 18.6 Å². The number of hydrogen-bond donors (Lipinski definition) is 1. The van der Waals surface area contributed by atoms with E-state index in [4.69, 9.17) is 9.84 Å². The van der Waals surface area contributed by atoms with E-state index in [0.29, 0.717) is 5.69 Å². The zero-order valence-corrected chi connectivity index (χ0v) is 10.5. The second-order valence-electron chi connectivity index (χ2n) is 4.37. The van der Waals surface area contributed by atoms with Crippen molar-refractivity contribution < 1.29 is 14.6 Å². The van der Waals surface area contributed by atoms with Crippen LogP contribution in [-0.2, 0) is 16.1 Å². The summed E-state index contributed by atoms with van der Waals surface area (Å²) in [5.41, 5.74) is 0.613. The Morgan fingerprint density at radius 3 is 3.11 bits per heavy atom. The molecule has 1 aromatic heterocycles. The molecular formula is C13H18N2O3. The molecule has 0 spiro atoms. The topological polar surface area (TPSA) is 62.7 Å². The maximum absolute atomic E-state index is 11.8. The lowest BCUT2D eigenvalue weighted by Crippen LogP contribution is -2.45. The van der Waals surface area contributed by atoms with Crippen molar-refractivity contribution in [3.8, 4) is 0 Å². The molecule has 1 N–H and O–H groups in total. The minimum Gasteiger partial charge on any atom is -0.467 e. The molecule has 0 aliphatic carbocycles. The number of aromatic nitrogens is 1. The molecular weight excluding hydrogens is 232 g/mol. The number of carbonyl (C=O) groups excluding carboxylic acids is 1. The molecule has 5 nitrogen and oxygen atoms in total. The Labute approximate surface area is 106 Å². The molecule has 0 amide bonds. The number of hydrogen-bond acceptors (Lipinski definition) is 5. The summed E-state index contributed by atoms with van der Waals surface area (Å²) in [6.07, 6.45) is 2.85. The first-order valence-corrected chi connectivity index (χ1v) is 6.17. The Bertz CT molecular complexity index is 422. The van der Waals surface area contributed by atoms with Gasteiger partial charge >= 0.3 is 5.97 Å². The fourth-order valence-corrected chi connectivity index (χ4v) is 2.30. The first-order chi connectivity index (χ1) is 8.76. The molecule has 1 saturated heterocycles. The van der Waals surface area contributed by atoms with Crippen LogP contribution in [0, 0.1) is 0 Å². The van der Waals surface area contributed by atoms with E-state index in [-0.39, 0.29) is 18.6 Å². The van der Waals surface area contributed by atoms with Crippen molar-refractivity contribution in [3.63, 3.8) is 0 Å². The van der Waals surface area contributed by atoms with E-state index in [0.717, 1.165) is 31.6 Å². The van der Waals surface area contributed by atoms with Crippen LogP contribution < -0.4 is 4.90 Å². The van der Waals surface area contributed by atoms with Crippen molar-refractivity contribution in [1.82, 2.24) is 4.98 Å². The average Bonchev–Trinajstić information content (AvgIpc) is 2.46. The van der Waals surface area contributed by atoms with Gasteiger partial charge in [0.25, 0.3) is 0 Å². The highest BCUT2D eigenvalue weighted by atomic mass is 16.5. The number of pyridine rings is 1. The molecule has 1 unspecified atom stereocenters. The maximum Gasteiger partial charge on any atom is 0.328 e. The molecule has 2 rings (SSSR count). The number of piperidine rings is 1. The van der Waals surface area contributed by atoms with E-state index in [2.05, 4.69) is 4.98 Å². The highest BCUT2D eigenvalue weighted by Gasteiger charge is 2.30. The number of methoxy groups -OCH3 is 1. The van der Waals surface area contributed by atoms with Crippen molar-refractivity contribution in [2.45, 2.75) is 31.9 Å². The number of aliphatic hydroxyl groups excluding tert-OH is 1. The standard InChI is InChI=1S/C13H18N2O3/c1-18-13(17)11-6-2-3-8-15(11)12-7-4-5-10(9-16)14-12/h4-5,7,11,16H,2-3,6,8-9H2,1H3. The summed E-state index contributed by atoms with van der Waals surface area (Å²) in [7, 11) is 1.41. The van der Waals surface area contributed by atoms with Crippen molar-refractivity contribution in [2.24, 2.45) is 0 Å². The fraction of sp³-hybridized carbons (Fsp3) is 0.538. The van der Waals surface area contributed by atoms with E-state index >= 15 is 0 Å². The minimum atomic E-state index is -0.259. The molecule has 0 radical (unpaired) electrons. The first-order valence-electron chi connectivity index (χ1n) is 6.17. The van der Waals surface area contributed by atoms with Gasteiger partial charge in [-0.2, -0.15) is 0 Å². The van der Waals surface area contributed by atoms with Crippen molar-refractivity contribution in [3.05, 3.63) is 23.9 Å². The number of rotatable bonds is 3. The second kappa shape index (κ2) is 5.82. The predicted octanol–water partition coefficient (Wildman–Crippen LogP) is 1.11. The van der Waals surface area contributed by atoms with Crippen LogP contribution >= 0.6 is 0 Å². The number of anilines is 1. The monoisotopic (exact) mass is 250 g/mol. The molecule has 0 bridgehead atoms. The summed E-state index contributed by atoms with van der Waals surface area (Å²) >= 11 is 0. The highest BCUT2D eigenvalue weighted by molar-refractivity contribution is 5.79. The van der Waals surface area contributed by atoms with Crippen LogP contribution in [0.3, 0.4) is 0 Å². The second-order valence-corrected chi connectivity index (χ2v) is 4.37. The third kappa shape index (κ3) is 2.61. The van der Waals surface area contributed by atoms with Gasteiger partial charge in [-0.05, 0) is 31.4 Å². The van der Waals surface area contributed by atoms with Crippen LogP contribution in [-0.4, -0.2) is 35.8 Å². The summed E-state index contributed by atoms with van der Waals surface area (Å²) in [4.78, 5) is 18.1. The first kappa shape index (κ1) is 12.8. The third-order valence-electron chi connectivity index (χ3n) is 3.22. The van der Waals surface area contributed by atoms with E-state index < -0.39 is 0 Å². The summed E-state index contributed by atoms with van der Waals surface area (Å²) < 4.78 is 4.84. The van der Waals surface area contributed by atoms with E-state index in [9.17, 15) is 4.79 Å². The van der Waals surface area contributed by atoms with Gasteiger partial charge in [0.2, 0.25) is 0 Å². The fourth-order valence-electron chi connectivity index (χ4n) is 2.30. The van der Waals surface area contributed by atoms with Crippen LogP contribution in [0.1, 0.15) is 25.0 Å². The Morgan fingerprint density at radius 2 is 2.39 bits per heavy atom. The molecule has 98 valence electrons. The summed E-state index contributed by atoms with van der Waals surface area (Å²) in [5.74, 6) is 0.516. The molecule has 1 fully saturated rings. The SMILES string of the molecule is COC(=O)C1CCCCN1c1cccc(CO)n1. The summed E-state index contributed by atoms with van der Waals surface area (Å²) in [6, 6.07) is 5.21. The third-order valence-corrected chi connectivity index (χ3v) is 3.22.